The summed E-state index contributed by atoms with van der Waals surface area (Å²) in [6.07, 6.45) is 3.17. The van der Waals surface area contributed by atoms with Gasteiger partial charge in [0.25, 0.3) is 0 Å². The first-order valence-corrected chi connectivity index (χ1v) is 18.6. The molecule has 254 valence electrons. The summed E-state index contributed by atoms with van der Waals surface area (Å²) in [5, 5.41) is 5.00. The van der Waals surface area contributed by atoms with Gasteiger partial charge in [0.2, 0.25) is 0 Å². The fraction of sp³-hybridized carbons (Fsp3) is 0.0196. The summed E-state index contributed by atoms with van der Waals surface area (Å²) < 4.78 is 4.80. The minimum Gasteiger partial charge on any atom is -0.398 e. The lowest BCUT2D eigenvalue weighted by Gasteiger charge is -2.10. The summed E-state index contributed by atoms with van der Waals surface area (Å²) in [5.41, 5.74) is 24.3. The van der Waals surface area contributed by atoms with Crippen molar-refractivity contribution in [3.05, 3.63) is 205 Å². The van der Waals surface area contributed by atoms with E-state index in [2.05, 4.69) is 185 Å². The lowest BCUT2D eigenvalue weighted by atomic mass is 9.98. The summed E-state index contributed by atoms with van der Waals surface area (Å²) in [5.74, 6) is 0. The first-order valence-electron chi connectivity index (χ1n) is 18.6. The second-order valence-electron chi connectivity index (χ2n) is 14.3. The van der Waals surface area contributed by atoms with Crippen LogP contribution in [-0.2, 0) is 6.42 Å². The molecule has 0 fully saturated rings. The van der Waals surface area contributed by atoms with Crippen LogP contribution in [0.1, 0.15) is 16.7 Å². The minimum atomic E-state index is 0.826. The number of nitrogens with zero attached hydrogens (tertiary/aromatic N) is 2. The van der Waals surface area contributed by atoms with Gasteiger partial charge in [0.15, 0.2) is 0 Å². The number of fused-ring (bicyclic) bond motifs is 9. The van der Waals surface area contributed by atoms with Crippen LogP contribution in [0.3, 0.4) is 0 Å². The summed E-state index contributed by atoms with van der Waals surface area (Å²) in [6.45, 7) is 0. The molecule has 0 aliphatic heterocycles. The van der Waals surface area contributed by atoms with Crippen LogP contribution in [0.15, 0.2) is 188 Å². The molecule has 0 saturated carbocycles. The molecule has 0 saturated heterocycles. The van der Waals surface area contributed by atoms with Crippen molar-refractivity contribution in [2.24, 2.45) is 0 Å². The van der Waals surface area contributed by atoms with Gasteiger partial charge in [0, 0.05) is 44.2 Å². The van der Waals surface area contributed by atoms with Crippen LogP contribution in [0, 0.1) is 0 Å². The Morgan fingerprint density at radius 1 is 0.407 bits per heavy atom. The topological polar surface area (TPSA) is 35.9 Å². The highest BCUT2D eigenvalue weighted by atomic mass is 15.0. The molecule has 2 heterocycles. The average molecular weight is 690 g/mol. The highest BCUT2D eigenvalue weighted by molar-refractivity contribution is 6.13. The second kappa shape index (κ2) is 12.0. The molecular weight excluding hydrogens is 655 g/mol. The number of aromatic nitrogens is 2. The van der Waals surface area contributed by atoms with Gasteiger partial charge in [-0.1, -0.05) is 127 Å². The van der Waals surface area contributed by atoms with Crippen molar-refractivity contribution < 1.29 is 0 Å². The van der Waals surface area contributed by atoms with Gasteiger partial charge in [-0.05, 0) is 106 Å². The van der Waals surface area contributed by atoms with E-state index in [9.17, 15) is 0 Å². The van der Waals surface area contributed by atoms with Crippen LogP contribution in [0.2, 0.25) is 0 Å². The van der Waals surface area contributed by atoms with Gasteiger partial charge >= 0.3 is 0 Å². The zero-order chi connectivity index (χ0) is 35.8. The molecule has 0 unspecified atom stereocenters. The lowest BCUT2D eigenvalue weighted by molar-refractivity contribution is 1.17. The fourth-order valence-corrected chi connectivity index (χ4v) is 8.83. The van der Waals surface area contributed by atoms with Crippen molar-refractivity contribution >= 4 is 54.9 Å². The van der Waals surface area contributed by atoms with Crippen molar-refractivity contribution in [1.82, 2.24) is 9.13 Å². The standard InChI is InChI=1S/C51H35N3/c52-46-18-10-17-42-38-13-4-5-14-39(38)43(51(42)46)28-23-33-21-24-34(25-22-33)35-26-29-49-44(31-35)45-32-37(27-30-50(45)53(49)36-11-2-1-3-12-36)54-47-19-8-6-15-40(47)41-16-7-9-20-48(41)54/h1-22,24-32H,23,52H2/b43-28-. The van der Waals surface area contributed by atoms with E-state index in [0.29, 0.717) is 0 Å². The quantitative estimate of drug-likeness (QED) is 0.179. The molecule has 0 spiro atoms. The third kappa shape index (κ3) is 4.62. The van der Waals surface area contributed by atoms with Crippen LogP contribution >= 0.6 is 0 Å². The van der Waals surface area contributed by atoms with Gasteiger partial charge in [-0.15, -0.1) is 0 Å². The van der Waals surface area contributed by atoms with E-state index in [1.165, 1.54) is 82.6 Å². The molecule has 10 aromatic rings. The van der Waals surface area contributed by atoms with Crippen LogP contribution < -0.4 is 5.73 Å². The molecule has 3 nitrogen and oxygen atoms in total. The maximum Gasteiger partial charge on any atom is 0.0542 e. The van der Waals surface area contributed by atoms with E-state index in [4.69, 9.17) is 5.73 Å². The number of hydrogen-bond acceptors (Lipinski definition) is 1. The van der Waals surface area contributed by atoms with Gasteiger partial charge in [0.1, 0.15) is 0 Å². The van der Waals surface area contributed by atoms with Crippen LogP contribution in [0.25, 0.3) is 82.8 Å². The summed E-state index contributed by atoms with van der Waals surface area (Å²) in [4.78, 5) is 0. The first-order chi connectivity index (χ1) is 26.7. The predicted octanol–water partition coefficient (Wildman–Crippen LogP) is 12.8. The van der Waals surface area contributed by atoms with E-state index < -0.39 is 0 Å². The maximum atomic E-state index is 6.54. The molecule has 8 aromatic carbocycles. The maximum absolute atomic E-state index is 6.54. The number of allylic oxidation sites excluding steroid dienone is 1. The highest BCUT2D eigenvalue weighted by Gasteiger charge is 2.24. The van der Waals surface area contributed by atoms with Gasteiger partial charge in [0.05, 0.1) is 22.1 Å². The SMILES string of the molecule is Nc1cccc2c1/C(=C\Cc1ccc(-c3ccc4c(c3)c3cc(-n5c6ccccc6c6ccccc65)ccc3n4-c3ccccc3)cc1)c1ccccc1-2. The van der Waals surface area contributed by atoms with Gasteiger partial charge in [-0.3, -0.25) is 0 Å². The van der Waals surface area contributed by atoms with E-state index >= 15 is 0 Å². The highest BCUT2D eigenvalue weighted by Crippen LogP contribution is 2.47. The Morgan fingerprint density at radius 2 is 0.981 bits per heavy atom. The normalized spacial score (nSPS) is 13.0. The van der Waals surface area contributed by atoms with Crippen molar-refractivity contribution in [3.63, 3.8) is 0 Å². The van der Waals surface area contributed by atoms with E-state index in [1.807, 2.05) is 12.1 Å². The molecule has 2 aromatic heterocycles. The predicted molar refractivity (Wildman–Crippen MR) is 228 cm³/mol. The van der Waals surface area contributed by atoms with Crippen LogP contribution in [-0.4, -0.2) is 9.13 Å². The Bertz CT molecular complexity index is 3070. The Morgan fingerprint density at radius 3 is 1.74 bits per heavy atom. The monoisotopic (exact) mass is 689 g/mol. The molecule has 2 N–H and O–H groups in total. The summed E-state index contributed by atoms with van der Waals surface area (Å²) >= 11 is 0. The van der Waals surface area contributed by atoms with Crippen molar-refractivity contribution in [1.29, 1.82) is 0 Å². The Kier molecular flexibility index (Phi) is 6.77. The first kappa shape index (κ1) is 30.5. The molecule has 0 radical (unpaired) electrons. The van der Waals surface area contributed by atoms with E-state index in [0.717, 1.165) is 29.0 Å². The van der Waals surface area contributed by atoms with Gasteiger partial charge in [-0.25, -0.2) is 0 Å². The molecule has 3 heteroatoms. The average Bonchev–Trinajstić information content (AvgIpc) is 3.86. The minimum absolute atomic E-state index is 0.826. The number of rotatable bonds is 5. The van der Waals surface area contributed by atoms with Crippen molar-refractivity contribution in [2.45, 2.75) is 6.42 Å². The molecule has 11 rings (SSSR count). The zero-order valence-electron chi connectivity index (χ0n) is 29.6. The summed E-state index contributed by atoms with van der Waals surface area (Å²) in [6, 6.07) is 65.9. The third-order valence-electron chi connectivity index (χ3n) is 11.3. The molecule has 0 amide bonds. The molecule has 1 aliphatic rings. The Balaban J connectivity index is 1.01. The Hall–Kier alpha value is -7.10. The number of benzene rings is 8. The van der Waals surface area contributed by atoms with Gasteiger partial charge in [-0.2, -0.15) is 0 Å². The number of nitrogens with two attached hydrogens (primary N) is 1. The fourth-order valence-electron chi connectivity index (χ4n) is 8.83. The van der Waals surface area contributed by atoms with Crippen LogP contribution in [0.5, 0.6) is 0 Å². The number of nitrogen functional groups attached to an aromatic ring is 1. The van der Waals surface area contributed by atoms with E-state index in [1.54, 1.807) is 0 Å². The molecule has 0 bridgehead atoms. The lowest BCUT2D eigenvalue weighted by Crippen LogP contribution is -1.95. The second-order valence-corrected chi connectivity index (χ2v) is 14.3. The van der Waals surface area contributed by atoms with Crippen LogP contribution in [0.4, 0.5) is 5.69 Å². The largest absolute Gasteiger partial charge is 0.398 e. The third-order valence-corrected chi connectivity index (χ3v) is 11.3. The molecular formula is C51H35N3. The van der Waals surface area contributed by atoms with Crippen molar-refractivity contribution in [2.75, 3.05) is 5.73 Å². The number of hydrogen-bond donors (Lipinski definition) is 1. The zero-order valence-corrected chi connectivity index (χ0v) is 29.6. The molecule has 1 aliphatic carbocycles. The molecule has 0 atom stereocenters. The number of anilines is 1. The van der Waals surface area contributed by atoms with E-state index in [-0.39, 0.29) is 0 Å². The van der Waals surface area contributed by atoms with Gasteiger partial charge < -0.3 is 14.9 Å². The smallest absolute Gasteiger partial charge is 0.0542 e. The summed E-state index contributed by atoms with van der Waals surface area (Å²) in [7, 11) is 0. The van der Waals surface area contributed by atoms with Crippen molar-refractivity contribution in [3.8, 4) is 33.6 Å². The Labute approximate surface area is 313 Å². The number of para-hydroxylation sites is 3. The molecule has 54 heavy (non-hydrogen) atoms.